The molecule has 1 heterocycles. The number of benzene rings is 1. The van der Waals surface area contributed by atoms with Crippen LogP contribution in [0.2, 0.25) is 0 Å². The molecule has 2 rings (SSSR count). The van der Waals surface area contributed by atoms with Gasteiger partial charge in [0.05, 0.1) is 6.42 Å². The average molecular weight is 218 g/mol. The van der Waals surface area contributed by atoms with Crippen molar-refractivity contribution in [1.82, 2.24) is 10.1 Å². The molecule has 4 nitrogen and oxygen atoms in total. The van der Waals surface area contributed by atoms with Gasteiger partial charge in [-0.1, -0.05) is 24.2 Å². The van der Waals surface area contributed by atoms with Crippen LogP contribution in [0, 0.1) is 0 Å². The van der Waals surface area contributed by atoms with Gasteiger partial charge in [-0.2, -0.15) is 4.98 Å². The normalized spacial score (nSPS) is 10.6. The Balaban J connectivity index is 2.05. The Morgan fingerprint density at radius 1 is 1.25 bits per heavy atom. The minimum absolute atomic E-state index is 0.265. The second-order valence-electron chi connectivity index (χ2n) is 3.70. The van der Waals surface area contributed by atoms with Gasteiger partial charge in [-0.3, -0.25) is 0 Å². The van der Waals surface area contributed by atoms with E-state index in [0.29, 0.717) is 12.3 Å². The number of aromatic hydroxyl groups is 1. The molecular formula is C12H14N2O2. The van der Waals surface area contributed by atoms with Crippen LogP contribution >= 0.6 is 0 Å². The largest absolute Gasteiger partial charge is 0.508 e. The van der Waals surface area contributed by atoms with Gasteiger partial charge in [0.2, 0.25) is 5.89 Å². The van der Waals surface area contributed by atoms with Crippen molar-refractivity contribution in [3.63, 3.8) is 0 Å². The van der Waals surface area contributed by atoms with Crippen molar-refractivity contribution in [3.05, 3.63) is 41.5 Å². The van der Waals surface area contributed by atoms with Gasteiger partial charge in [0, 0.05) is 6.42 Å². The van der Waals surface area contributed by atoms with Crippen molar-refractivity contribution in [1.29, 1.82) is 0 Å². The summed E-state index contributed by atoms with van der Waals surface area (Å²) in [7, 11) is 0. The number of aromatic nitrogens is 2. The van der Waals surface area contributed by atoms with Crippen LogP contribution in [0.1, 0.15) is 30.6 Å². The third-order valence-corrected chi connectivity index (χ3v) is 2.28. The number of hydrogen-bond acceptors (Lipinski definition) is 4. The van der Waals surface area contributed by atoms with E-state index in [1.54, 1.807) is 12.1 Å². The molecule has 84 valence electrons. The number of phenolic OH excluding ortho intramolecular Hbond substituents is 1. The van der Waals surface area contributed by atoms with E-state index in [9.17, 15) is 0 Å². The van der Waals surface area contributed by atoms with Gasteiger partial charge >= 0.3 is 0 Å². The molecular weight excluding hydrogens is 204 g/mol. The summed E-state index contributed by atoms with van der Waals surface area (Å²) in [5.41, 5.74) is 1.05. The summed E-state index contributed by atoms with van der Waals surface area (Å²) in [6.07, 6.45) is 2.47. The first-order valence-corrected chi connectivity index (χ1v) is 5.37. The quantitative estimate of drug-likeness (QED) is 0.855. The predicted molar refractivity (Wildman–Crippen MR) is 59.2 cm³/mol. The second-order valence-corrected chi connectivity index (χ2v) is 3.70. The highest BCUT2D eigenvalue weighted by Crippen LogP contribution is 2.13. The minimum atomic E-state index is 0.265. The smallest absolute Gasteiger partial charge is 0.231 e. The third-order valence-electron chi connectivity index (χ3n) is 2.28. The fourth-order valence-corrected chi connectivity index (χ4v) is 1.48. The Morgan fingerprint density at radius 2 is 2.00 bits per heavy atom. The molecule has 0 saturated heterocycles. The summed E-state index contributed by atoms with van der Waals surface area (Å²) in [5, 5.41) is 13.0. The summed E-state index contributed by atoms with van der Waals surface area (Å²) in [4.78, 5) is 4.28. The van der Waals surface area contributed by atoms with E-state index in [4.69, 9.17) is 9.63 Å². The molecule has 1 N–H and O–H groups in total. The van der Waals surface area contributed by atoms with Gasteiger partial charge in [-0.15, -0.1) is 0 Å². The Kier molecular flexibility index (Phi) is 3.19. The van der Waals surface area contributed by atoms with Crippen LogP contribution in [0.15, 0.2) is 28.8 Å². The van der Waals surface area contributed by atoms with E-state index in [-0.39, 0.29) is 5.75 Å². The Bertz CT molecular complexity index is 448. The number of phenols is 1. The molecule has 0 fully saturated rings. The van der Waals surface area contributed by atoms with Gasteiger partial charge in [0.25, 0.3) is 0 Å². The molecule has 2 aromatic rings. The molecule has 16 heavy (non-hydrogen) atoms. The lowest BCUT2D eigenvalue weighted by molar-refractivity contribution is 0.379. The summed E-state index contributed by atoms with van der Waals surface area (Å²) in [5.74, 6) is 1.64. The van der Waals surface area contributed by atoms with Crippen LogP contribution in [0.3, 0.4) is 0 Å². The molecule has 0 saturated carbocycles. The molecule has 0 spiro atoms. The first kappa shape index (κ1) is 10.7. The fraction of sp³-hybridized carbons (Fsp3) is 0.333. The monoisotopic (exact) mass is 218 g/mol. The molecule has 0 unspecified atom stereocenters. The molecule has 0 atom stereocenters. The minimum Gasteiger partial charge on any atom is -0.508 e. The van der Waals surface area contributed by atoms with Crippen molar-refractivity contribution in [2.75, 3.05) is 0 Å². The lowest BCUT2D eigenvalue weighted by Gasteiger charge is -1.96. The SMILES string of the molecule is CCCc1noc(Cc2ccc(O)cc2)n1. The Hall–Kier alpha value is -1.84. The number of nitrogens with zero attached hydrogens (tertiary/aromatic N) is 2. The van der Waals surface area contributed by atoms with E-state index in [2.05, 4.69) is 17.1 Å². The predicted octanol–water partition coefficient (Wildman–Crippen LogP) is 2.32. The van der Waals surface area contributed by atoms with Crippen LogP contribution in [0.4, 0.5) is 0 Å². The van der Waals surface area contributed by atoms with Crippen LogP contribution in [0.5, 0.6) is 5.75 Å². The topological polar surface area (TPSA) is 59.2 Å². The van der Waals surface area contributed by atoms with Gasteiger partial charge in [0.15, 0.2) is 5.82 Å². The fourth-order valence-electron chi connectivity index (χ4n) is 1.48. The molecule has 0 aliphatic heterocycles. The lowest BCUT2D eigenvalue weighted by Crippen LogP contribution is -1.89. The highest BCUT2D eigenvalue weighted by atomic mass is 16.5. The molecule has 0 aliphatic rings. The van der Waals surface area contributed by atoms with E-state index in [1.165, 1.54) is 0 Å². The van der Waals surface area contributed by atoms with Crippen LogP contribution in [-0.4, -0.2) is 15.2 Å². The number of rotatable bonds is 4. The summed E-state index contributed by atoms with van der Waals surface area (Å²) in [6.45, 7) is 2.08. The standard InChI is InChI=1S/C12H14N2O2/c1-2-3-11-13-12(16-14-11)8-9-4-6-10(15)7-5-9/h4-7,15H,2-3,8H2,1H3. The first-order chi connectivity index (χ1) is 7.78. The van der Waals surface area contributed by atoms with Crippen molar-refractivity contribution in [2.24, 2.45) is 0 Å². The van der Waals surface area contributed by atoms with E-state index in [1.807, 2.05) is 12.1 Å². The highest BCUT2D eigenvalue weighted by molar-refractivity contribution is 5.27. The summed E-state index contributed by atoms with van der Waals surface area (Å²) >= 11 is 0. The second kappa shape index (κ2) is 4.79. The van der Waals surface area contributed by atoms with E-state index in [0.717, 1.165) is 24.2 Å². The molecule has 1 aromatic carbocycles. The number of aryl methyl sites for hydroxylation is 1. The lowest BCUT2D eigenvalue weighted by atomic mass is 10.1. The van der Waals surface area contributed by atoms with Crippen LogP contribution < -0.4 is 0 Å². The zero-order valence-electron chi connectivity index (χ0n) is 9.18. The zero-order chi connectivity index (χ0) is 11.4. The Morgan fingerprint density at radius 3 is 2.69 bits per heavy atom. The van der Waals surface area contributed by atoms with Gasteiger partial charge in [-0.05, 0) is 24.1 Å². The summed E-state index contributed by atoms with van der Waals surface area (Å²) < 4.78 is 5.13. The molecule has 0 amide bonds. The molecule has 1 aromatic heterocycles. The highest BCUT2D eigenvalue weighted by Gasteiger charge is 2.06. The molecule has 0 aliphatic carbocycles. The number of hydrogen-bond donors (Lipinski definition) is 1. The van der Waals surface area contributed by atoms with Crippen molar-refractivity contribution in [2.45, 2.75) is 26.2 Å². The van der Waals surface area contributed by atoms with Crippen LogP contribution in [0.25, 0.3) is 0 Å². The van der Waals surface area contributed by atoms with Gasteiger partial charge in [-0.25, -0.2) is 0 Å². The maximum absolute atomic E-state index is 9.15. The average Bonchev–Trinajstić information content (AvgIpc) is 2.70. The zero-order valence-corrected chi connectivity index (χ0v) is 9.18. The van der Waals surface area contributed by atoms with Crippen molar-refractivity contribution in [3.8, 4) is 5.75 Å². The third kappa shape index (κ3) is 2.59. The molecule has 0 bridgehead atoms. The first-order valence-electron chi connectivity index (χ1n) is 5.37. The van der Waals surface area contributed by atoms with Gasteiger partial charge in [0.1, 0.15) is 5.75 Å². The van der Waals surface area contributed by atoms with Crippen molar-refractivity contribution >= 4 is 0 Å². The molecule has 4 heteroatoms. The van der Waals surface area contributed by atoms with E-state index >= 15 is 0 Å². The molecule has 0 radical (unpaired) electrons. The Labute approximate surface area is 93.9 Å². The summed E-state index contributed by atoms with van der Waals surface area (Å²) in [6, 6.07) is 7.00. The van der Waals surface area contributed by atoms with Gasteiger partial charge < -0.3 is 9.63 Å². The van der Waals surface area contributed by atoms with Crippen LogP contribution in [-0.2, 0) is 12.8 Å². The van der Waals surface area contributed by atoms with Crippen molar-refractivity contribution < 1.29 is 9.63 Å². The van der Waals surface area contributed by atoms with E-state index < -0.39 is 0 Å². The maximum Gasteiger partial charge on any atom is 0.231 e. The maximum atomic E-state index is 9.15.